The SMILES string of the molecule is COc1cc(NCc2cnn3ccccc23)ccc1F. The second-order valence-corrected chi connectivity index (χ2v) is 4.40. The average Bonchev–Trinajstić information content (AvgIpc) is 2.90. The van der Waals surface area contributed by atoms with Gasteiger partial charge in [-0.05, 0) is 24.3 Å². The van der Waals surface area contributed by atoms with Crippen LogP contribution < -0.4 is 10.1 Å². The van der Waals surface area contributed by atoms with Crippen LogP contribution >= 0.6 is 0 Å². The van der Waals surface area contributed by atoms with Crippen LogP contribution in [-0.2, 0) is 6.54 Å². The molecular weight excluding hydrogens is 257 g/mol. The summed E-state index contributed by atoms with van der Waals surface area (Å²) in [6.45, 7) is 0.613. The summed E-state index contributed by atoms with van der Waals surface area (Å²) < 4.78 is 20.1. The molecule has 4 nitrogen and oxygen atoms in total. The fourth-order valence-corrected chi connectivity index (χ4v) is 2.09. The van der Waals surface area contributed by atoms with E-state index in [9.17, 15) is 4.39 Å². The largest absolute Gasteiger partial charge is 0.494 e. The third-order valence-electron chi connectivity index (χ3n) is 3.14. The van der Waals surface area contributed by atoms with Crippen molar-refractivity contribution in [3.8, 4) is 5.75 Å². The van der Waals surface area contributed by atoms with Crippen molar-refractivity contribution in [2.45, 2.75) is 6.54 Å². The Morgan fingerprint density at radius 2 is 2.20 bits per heavy atom. The van der Waals surface area contributed by atoms with Crippen LogP contribution in [0.4, 0.5) is 10.1 Å². The summed E-state index contributed by atoms with van der Waals surface area (Å²) in [5.74, 6) is -0.135. The van der Waals surface area contributed by atoms with Gasteiger partial charge < -0.3 is 10.1 Å². The van der Waals surface area contributed by atoms with E-state index in [1.54, 1.807) is 12.1 Å². The molecule has 0 spiro atoms. The third-order valence-corrected chi connectivity index (χ3v) is 3.14. The Labute approximate surface area is 115 Å². The van der Waals surface area contributed by atoms with E-state index in [0.717, 1.165) is 16.8 Å². The maximum atomic E-state index is 13.3. The molecule has 0 atom stereocenters. The van der Waals surface area contributed by atoms with Crippen molar-refractivity contribution < 1.29 is 9.13 Å². The molecule has 1 N–H and O–H groups in total. The highest BCUT2D eigenvalue weighted by atomic mass is 19.1. The fraction of sp³-hybridized carbons (Fsp3) is 0.133. The van der Waals surface area contributed by atoms with E-state index < -0.39 is 0 Å². The minimum atomic E-state index is -0.367. The van der Waals surface area contributed by atoms with E-state index in [0.29, 0.717) is 6.54 Å². The summed E-state index contributed by atoms with van der Waals surface area (Å²) in [6.07, 6.45) is 3.73. The lowest BCUT2D eigenvalue weighted by Gasteiger charge is -2.08. The molecular formula is C15H14FN3O. The van der Waals surface area contributed by atoms with E-state index in [2.05, 4.69) is 10.4 Å². The molecule has 3 rings (SSSR count). The van der Waals surface area contributed by atoms with Crippen LogP contribution in [0.15, 0.2) is 48.8 Å². The number of pyridine rings is 1. The number of hydrogen-bond acceptors (Lipinski definition) is 3. The molecule has 0 radical (unpaired) electrons. The van der Waals surface area contributed by atoms with Gasteiger partial charge in [0.25, 0.3) is 0 Å². The van der Waals surface area contributed by atoms with E-state index in [1.807, 2.05) is 35.1 Å². The molecule has 0 bridgehead atoms. The molecule has 0 fully saturated rings. The van der Waals surface area contributed by atoms with Gasteiger partial charge in [-0.15, -0.1) is 0 Å². The van der Waals surface area contributed by atoms with Gasteiger partial charge in [-0.3, -0.25) is 0 Å². The zero-order chi connectivity index (χ0) is 13.9. The smallest absolute Gasteiger partial charge is 0.165 e. The quantitative estimate of drug-likeness (QED) is 0.792. The molecule has 1 aromatic carbocycles. The van der Waals surface area contributed by atoms with Gasteiger partial charge >= 0.3 is 0 Å². The van der Waals surface area contributed by atoms with Crippen molar-refractivity contribution in [1.82, 2.24) is 9.61 Å². The predicted octanol–water partition coefficient (Wildman–Crippen LogP) is 3.09. The second kappa shape index (κ2) is 5.21. The van der Waals surface area contributed by atoms with Crippen LogP contribution in [0.25, 0.3) is 5.52 Å². The van der Waals surface area contributed by atoms with Gasteiger partial charge in [0.05, 0.1) is 18.8 Å². The van der Waals surface area contributed by atoms with Crippen molar-refractivity contribution in [1.29, 1.82) is 0 Å². The van der Waals surface area contributed by atoms with Crippen LogP contribution in [0.1, 0.15) is 5.56 Å². The molecule has 3 aromatic rings. The summed E-state index contributed by atoms with van der Waals surface area (Å²) >= 11 is 0. The molecule has 2 heterocycles. The first-order valence-corrected chi connectivity index (χ1v) is 6.26. The molecule has 0 amide bonds. The van der Waals surface area contributed by atoms with E-state index in [1.165, 1.54) is 13.2 Å². The topological polar surface area (TPSA) is 38.6 Å². The standard InChI is InChI=1S/C15H14FN3O/c1-20-15-8-12(5-6-13(15)16)17-9-11-10-18-19-7-3-2-4-14(11)19/h2-8,10,17H,9H2,1H3. The fourth-order valence-electron chi connectivity index (χ4n) is 2.09. The number of halogens is 1. The lowest BCUT2D eigenvalue weighted by atomic mass is 10.2. The number of nitrogens with zero attached hydrogens (tertiary/aromatic N) is 2. The Balaban J connectivity index is 1.79. The maximum Gasteiger partial charge on any atom is 0.165 e. The molecule has 2 aromatic heterocycles. The van der Waals surface area contributed by atoms with Crippen LogP contribution in [0, 0.1) is 5.82 Å². The molecule has 102 valence electrons. The van der Waals surface area contributed by atoms with Crippen molar-refractivity contribution in [2.24, 2.45) is 0 Å². The minimum absolute atomic E-state index is 0.231. The summed E-state index contributed by atoms with van der Waals surface area (Å²) in [5, 5.41) is 7.51. The number of benzene rings is 1. The monoisotopic (exact) mass is 271 g/mol. The molecule has 0 saturated heterocycles. The van der Waals surface area contributed by atoms with Crippen molar-refractivity contribution in [3.05, 3.63) is 60.2 Å². The zero-order valence-corrected chi connectivity index (χ0v) is 11.0. The highest BCUT2D eigenvalue weighted by Gasteiger charge is 2.05. The summed E-state index contributed by atoms with van der Waals surface area (Å²) in [4.78, 5) is 0. The highest BCUT2D eigenvalue weighted by Crippen LogP contribution is 2.22. The number of aromatic nitrogens is 2. The Morgan fingerprint density at radius 1 is 1.30 bits per heavy atom. The zero-order valence-electron chi connectivity index (χ0n) is 11.0. The molecule has 0 saturated carbocycles. The molecule has 20 heavy (non-hydrogen) atoms. The Kier molecular flexibility index (Phi) is 3.25. The molecule has 0 aliphatic carbocycles. The van der Waals surface area contributed by atoms with Crippen LogP contribution in [-0.4, -0.2) is 16.7 Å². The number of methoxy groups -OCH3 is 1. The Bertz CT molecular complexity index is 739. The van der Waals surface area contributed by atoms with Crippen molar-refractivity contribution in [3.63, 3.8) is 0 Å². The first kappa shape index (κ1) is 12.5. The predicted molar refractivity (Wildman–Crippen MR) is 75.5 cm³/mol. The maximum absolute atomic E-state index is 13.3. The number of nitrogens with one attached hydrogen (secondary N) is 1. The van der Waals surface area contributed by atoms with Gasteiger partial charge in [0.2, 0.25) is 0 Å². The molecule has 0 unspecified atom stereocenters. The molecule has 0 aliphatic rings. The lowest BCUT2D eigenvalue weighted by molar-refractivity contribution is 0.387. The summed E-state index contributed by atoms with van der Waals surface area (Å²) in [6, 6.07) is 10.6. The normalized spacial score (nSPS) is 10.7. The van der Waals surface area contributed by atoms with Crippen molar-refractivity contribution in [2.75, 3.05) is 12.4 Å². The molecule has 0 aliphatic heterocycles. The Hall–Kier alpha value is -2.56. The van der Waals surface area contributed by atoms with Gasteiger partial charge in [0.15, 0.2) is 11.6 Å². The Morgan fingerprint density at radius 3 is 3.05 bits per heavy atom. The second-order valence-electron chi connectivity index (χ2n) is 4.40. The number of anilines is 1. The average molecular weight is 271 g/mol. The third kappa shape index (κ3) is 2.30. The number of ether oxygens (including phenoxy) is 1. The van der Waals surface area contributed by atoms with Crippen LogP contribution in [0.3, 0.4) is 0 Å². The number of hydrogen-bond donors (Lipinski definition) is 1. The van der Waals surface area contributed by atoms with Crippen LogP contribution in [0.5, 0.6) is 5.75 Å². The first-order chi connectivity index (χ1) is 9.78. The van der Waals surface area contributed by atoms with Gasteiger partial charge in [-0.1, -0.05) is 6.07 Å². The van der Waals surface area contributed by atoms with E-state index >= 15 is 0 Å². The minimum Gasteiger partial charge on any atom is -0.494 e. The van der Waals surface area contributed by atoms with Gasteiger partial charge in [0, 0.05) is 30.1 Å². The van der Waals surface area contributed by atoms with Gasteiger partial charge in [-0.2, -0.15) is 5.10 Å². The van der Waals surface area contributed by atoms with E-state index in [-0.39, 0.29) is 11.6 Å². The van der Waals surface area contributed by atoms with Gasteiger partial charge in [-0.25, -0.2) is 8.91 Å². The first-order valence-electron chi connectivity index (χ1n) is 6.26. The number of rotatable bonds is 4. The lowest BCUT2D eigenvalue weighted by Crippen LogP contribution is -2.00. The molecule has 5 heteroatoms. The highest BCUT2D eigenvalue weighted by molar-refractivity contribution is 5.56. The van der Waals surface area contributed by atoms with Crippen molar-refractivity contribution >= 4 is 11.2 Å². The summed E-state index contributed by atoms with van der Waals surface area (Å²) in [5.41, 5.74) is 2.93. The van der Waals surface area contributed by atoms with E-state index in [4.69, 9.17) is 4.74 Å². The number of fused-ring (bicyclic) bond motifs is 1. The summed E-state index contributed by atoms with van der Waals surface area (Å²) in [7, 11) is 1.45. The van der Waals surface area contributed by atoms with Crippen LogP contribution in [0.2, 0.25) is 0 Å². The van der Waals surface area contributed by atoms with Gasteiger partial charge in [0.1, 0.15) is 0 Å².